The molecule has 1 unspecified atom stereocenters. The number of sulfonamides is 1. The van der Waals surface area contributed by atoms with Crippen LogP contribution in [0.15, 0.2) is 0 Å². The summed E-state index contributed by atoms with van der Waals surface area (Å²) in [5.74, 6) is -1.58. The van der Waals surface area contributed by atoms with E-state index in [4.69, 9.17) is 5.11 Å². The first-order valence-corrected chi connectivity index (χ1v) is 7.29. The Balaban J connectivity index is 4.28. The van der Waals surface area contributed by atoms with Gasteiger partial charge in [0.25, 0.3) is 0 Å². The fourth-order valence-corrected chi connectivity index (χ4v) is 2.19. The van der Waals surface area contributed by atoms with Crippen molar-refractivity contribution in [1.29, 1.82) is 0 Å². The van der Waals surface area contributed by atoms with E-state index in [2.05, 4.69) is 4.72 Å². The van der Waals surface area contributed by atoms with Gasteiger partial charge in [0.2, 0.25) is 15.9 Å². The summed E-state index contributed by atoms with van der Waals surface area (Å²) in [5, 5.41) is 7.07. The Hall–Kier alpha value is -1.15. The van der Waals surface area contributed by atoms with E-state index in [1.807, 2.05) is 13.8 Å². The third-order valence-corrected chi connectivity index (χ3v) is 4.31. The number of hydrogen-bond donors (Lipinski definition) is 2. The average molecular weight is 280 g/mol. The standard InChI is InChI=1S/C10H20N2O5S/c1-4-12(5-2)9(13)6-7-11-18(16,17)8(3)10(14)15/h8,11H,4-7H2,1-3H3,(H,14,15). The summed E-state index contributed by atoms with van der Waals surface area (Å²) in [5.41, 5.74) is 0. The molecule has 1 amide bonds. The molecular weight excluding hydrogens is 260 g/mol. The molecule has 0 rings (SSSR count). The minimum Gasteiger partial charge on any atom is -0.480 e. The van der Waals surface area contributed by atoms with Gasteiger partial charge < -0.3 is 10.0 Å². The summed E-state index contributed by atoms with van der Waals surface area (Å²) in [4.78, 5) is 23.7. The lowest BCUT2D eigenvalue weighted by Gasteiger charge is -2.18. The van der Waals surface area contributed by atoms with Crippen LogP contribution in [-0.4, -0.2) is 55.2 Å². The summed E-state index contributed by atoms with van der Waals surface area (Å²) in [6, 6.07) is 0. The van der Waals surface area contributed by atoms with Crippen molar-refractivity contribution in [1.82, 2.24) is 9.62 Å². The smallest absolute Gasteiger partial charge is 0.323 e. The molecule has 0 aliphatic carbocycles. The summed E-state index contributed by atoms with van der Waals surface area (Å²) in [7, 11) is -3.91. The van der Waals surface area contributed by atoms with Crippen LogP contribution in [0.4, 0.5) is 0 Å². The predicted octanol–water partition coefficient (Wildman–Crippen LogP) is -0.363. The first-order chi connectivity index (χ1) is 8.26. The highest BCUT2D eigenvalue weighted by Gasteiger charge is 2.27. The minimum absolute atomic E-state index is 0.0211. The second-order valence-corrected chi connectivity index (χ2v) is 5.82. The fourth-order valence-electron chi connectivity index (χ4n) is 1.29. The van der Waals surface area contributed by atoms with Gasteiger partial charge in [-0.15, -0.1) is 0 Å². The molecule has 0 aliphatic heterocycles. The van der Waals surface area contributed by atoms with E-state index >= 15 is 0 Å². The second kappa shape index (κ2) is 7.32. The van der Waals surface area contributed by atoms with Gasteiger partial charge >= 0.3 is 5.97 Å². The summed E-state index contributed by atoms with van der Waals surface area (Å²) < 4.78 is 25.0. The maximum absolute atomic E-state index is 11.6. The molecule has 106 valence electrons. The number of rotatable bonds is 8. The van der Waals surface area contributed by atoms with Gasteiger partial charge in [-0.2, -0.15) is 0 Å². The molecule has 0 aromatic heterocycles. The quantitative estimate of drug-likeness (QED) is 0.631. The van der Waals surface area contributed by atoms with E-state index in [1.165, 1.54) is 0 Å². The van der Waals surface area contributed by atoms with Gasteiger partial charge in [-0.1, -0.05) is 0 Å². The molecular formula is C10H20N2O5S. The molecule has 18 heavy (non-hydrogen) atoms. The molecule has 0 aliphatic rings. The Morgan fingerprint density at radius 1 is 1.28 bits per heavy atom. The van der Waals surface area contributed by atoms with Gasteiger partial charge in [-0.25, -0.2) is 13.1 Å². The lowest BCUT2D eigenvalue weighted by molar-refractivity contribution is -0.136. The van der Waals surface area contributed by atoms with Crippen LogP contribution >= 0.6 is 0 Å². The normalized spacial score (nSPS) is 13.1. The largest absolute Gasteiger partial charge is 0.480 e. The molecule has 0 aromatic carbocycles. The van der Waals surface area contributed by atoms with E-state index in [-0.39, 0.29) is 18.9 Å². The van der Waals surface area contributed by atoms with Crippen molar-refractivity contribution in [3.63, 3.8) is 0 Å². The SMILES string of the molecule is CCN(CC)C(=O)CCNS(=O)(=O)C(C)C(=O)O. The molecule has 0 spiro atoms. The van der Waals surface area contributed by atoms with Crippen LogP contribution in [-0.2, 0) is 19.6 Å². The molecule has 0 fully saturated rings. The van der Waals surface area contributed by atoms with Crippen molar-refractivity contribution in [3.05, 3.63) is 0 Å². The number of carboxylic acids is 1. The number of nitrogens with zero attached hydrogens (tertiary/aromatic N) is 1. The van der Waals surface area contributed by atoms with Crippen molar-refractivity contribution in [2.45, 2.75) is 32.4 Å². The van der Waals surface area contributed by atoms with Crippen LogP contribution in [0.5, 0.6) is 0 Å². The van der Waals surface area contributed by atoms with Gasteiger partial charge in [-0.05, 0) is 20.8 Å². The molecule has 2 N–H and O–H groups in total. The first-order valence-electron chi connectivity index (χ1n) is 5.75. The van der Waals surface area contributed by atoms with E-state index in [0.717, 1.165) is 6.92 Å². The molecule has 1 atom stereocenters. The summed E-state index contributed by atoms with van der Waals surface area (Å²) >= 11 is 0. The molecule has 0 aromatic rings. The predicted molar refractivity (Wildman–Crippen MR) is 66.6 cm³/mol. The van der Waals surface area contributed by atoms with Crippen molar-refractivity contribution < 1.29 is 23.1 Å². The number of aliphatic carboxylic acids is 1. The second-order valence-electron chi connectivity index (χ2n) is 3.74. The monoisotopic (exact) mass is 280 g/mol. The highest BCUT2D eigenvalue weighted by atomic mass is 32.2. The lowest BCUT2D eigenvalue weighted by Crippen LogP contribution is -2.40. The Kier molecular flexibility index (Phi) is 6.85. The van der Waals surface area contributed by atoms with Crippen molar-refractivity contribution >= 4 is 21.9 Å². The molecule has 0 saturated heterocycles. The lowest BCUT2D eigenvalue weighted by atomic mass is 10.3. The van der Waals surface area contributed by atoms with Crippen molar-refractivity contribution in [3.8, 4) is 0 Å². The first kappa shape index (κ1) is 16.9. The zero-order chi connectivity index (χ0) is 14.3. The van der Waals surface area contributed by atoms with E-state index < -0.39 is 21.2 Å². The van der Waals surface area contributed by atoms with Crippen LogP contribution in [0.2, 0.25) is 0 Å². The maximum atomic E-state index is 11.6. The Morgan fingerprint density at radius 2 is 1.78 bits per heavy atom. The number of carbonyl (C=O) groups excluding carboxylic acids is 1. The summed E-state index contributed by atoms with van der Waals surface area (Å²) in [6.07, 6.45) is 0.0211. The number of nitrogens with one attached hydrogen (secondary N) is 1. The van der Waals surface area contributed by atoms with Gasteiger partial charge in [0.15, 0.2) is 5.25 Å². The topological polar surface area (TPSA) is 104 Å². The van der Waals surface area contributed by atoms with Crippen LogP contribution in [0, 0.1) is 0 Å². The maximum Gasteiger partial charge on any atom is 0.323 e. The van der Waals surface area contributed by atoms with Crippen LogP contribution in [0.3, 0.4) is 0 Å². The zero-order valence-electron chi connectivity index (χ0n) is 10.8. The number of carboxylic acid groups (broad SMARTS) is 1. The van der Waals surface area contributed by atoms with Crippen LogP contribution in [0.1, 0.15) is 27.2 Å². The van der Waals surface area contributed by atoms with Crippen molar-refractivity contribution in [2.75, 3.05) is 19.6 Å². The van der Waals surface area contributed by atoms with Crippen LogP contribution < -0.4 is 4.72 Å². The van der Waals surface area contributed by atoms with Crippen LogP contribution in [0.25, 0.3) is 0 Å². The Bertz CT molecular complexity index is 389. The minimum atomic E-state index is -3.91. The van der Waals surface area contributed by atoms with E-state index in [9.17, 15) is 18.0 Å². The number of carbonyl (C=O) groups is 2. The highest BCUT2D eigenvalue weighted by Crippen LogP contribution is 1.99. The number of hydrogen-bond acceptors (Lipinski definition) is 4. The highest BCUT2D eigenvalue weighted by molar-refractivity contribution is 7.90. The zero-order valence-corrected chi connectivity index (χ0v) is 11.7. The summed E-state index contributed by atoms with van der Waals surface area (Å²) in [6.45, 7) is 5.78. The van der Waals surface area contributed by atoms with Gasteiger partial charge in [0.05, 0.1) is 0 Å². The van der Waals surface area contributed by atoms with E-state index in [1.54, 1.807) is 4.90 Å². The molecule has 0 bridgehead atoms. The Labute approximate surface area is 107 Å². The molecule has 7 nitrogen and oxygen atoms in total. The average Bonchev–Trinajstić information content (AvgIpc) is 2.29. The third-order valence-electron chi connectivity index (χ3n) is 2.57. The molecule has 0 radical (unpaired) electrons. The van der Waals surface area contributed by atoms with Gasteiger partial charge in [-0.3, -0.25) is 9.59 Å². The van der Waals surface area contributed by atoms with Crippen molar-refractivity contribution in [2.24, 2.45) is 0 Å². The third kappa shape index (κ3) is 5.01. The molecule has 0 saturated carbocycles. The van der Waals surface area contributed by atoms with Gasteiger partial charge in [0.1, 0.15) is 0 Å². The van der Waals surface area contributed by atoms with E-state index in [0.29, 0.717) is 13.1 Å². The number of amides is 1. The molecule has 8 heteroatoms. The fraction of sp³-hybridized carbons (Fsp3) is 0.800. The Morgan fingerprint density at radius 3 is 2.17 bits per heavy atom. The molecule has 0 heterocycles. The van der Waals surface area contributed by atoms with Gasteiger partial charge in [0, 0.05) is 26.1 Å².